The van der Waals surface area contributed by atoms with Crippen molar-refractivity contribution in [3.63, 3.8) is 0 Å². The van der Waals surface area contributed by atoms with Crippen LogP contribution in [0.2, 0.25) is 0 Å². The van der Waals surface area contributed by atoms with E-state index in [1.807, 2.05) is 0 Å². The molecule has 0 aromatic rings. The summed E-state index contributed by atoms with van der Waals surface area (Å²) in [5.41, 5.74) is -0.130. The summed E-state index contributed by atoms with van der Waals surface area (Å²) in [6, 6.07) is 0. The lowest BCUT2D eigenvalue weighted by Crippen LogP contribution is -2.42. The van der Waals surface area contributed by atoms with E-state index in [0.717, 1.165) is 6.54 Å². The summed E-state index contributed by atoms with van der Waals surface area (Å²) in [4.78, 5) is 13.8. The molecule has 1 saturated heterocycles. The second-order valence-corrected chi connectivity index (χ2v) is 4.88. The third kappa shape index (κ3) is 2.31. The van der Waals surface area contributed by atoms with E-state index in [-0.39, 0.29) is 5.41 Å². The van der Waals surface area contributed by atoms with Gasteiger partial charge in [-0.15, -0.1) is 0 Å². The van der Waals surface area contributed by atoms with Crippen LogP contribution in [0.3, 0.4) is 0 Å². The maximum atomic E-state index is 11.5. The molecule has 1 fully saturated rings. The van der Waals surface area contributed by atoms with Crippen LogP contribution in [0.25, 0.3) is 0 Å². The standard InChI is InChI=1S/C11H21NO/c1-9(13)11(2,3)10-6-5-7-12(4)8-10/h10H,5-8H2,1-4H3/t10-/m0/s1. The van der Waals surface area contributed by atoms with Gasteiger partial charge < -0.3 is 4.90 Å². The number of piperidine rings is 1. The lowest BCUT2D eigenvalue weighted by atomic mass is 9.72. The highest BCUT2D eigenvalue weighted by atomic mass is 16.1. The third-order valence-electron chi connectivity index (χ3n) is 3.55. The number of rotatable bonds is 2. The molecule has 2 nitrogen and oxygen atoms in total. The molecular formula is C11H21NO. The number of hydrogen-bond acceptors (Lipinski definition) is 2. The van der Waals surface area contributed by atoms with E-state index in [0.29, 0.717) is 11.7 Å². The van der Waals surface area contributed by atoms with Gasteiger partial charge in [0.1, 0.15) is 5.78 Å². The van der Waals surface area contributed by atoms with Gasteiger partial charge >= 0.3 is 0 Å². The molecule has 0 N–H and O–H groups in total. The van der Waals surface area contributed by atoms with E-state index in [2.05, 4.69) is 25.8 Å². The van der Waals surface area contributed by atoms with Crippen LogP contribution in [0.15, 0.2) is 0 Å². The molecule has 0 radical (unpaired) electrons. The number of ketones is 1. The smallest absolute Gasteiger partial charge is 0.135 e. The van der Waals surface area contributed by atoms with E-state index in [9.17, 15) is 4.79 Å². The fourth-order valence-electron chi connectivity index (χ4n) is 2.04. The molecule has 0 saturated carbocycles. The van der Waals surface area contributed by atoms with Crippen molar-refractivity contribution in [2.75, 3.05) is 20.1 Å². The lowest BCUT2D eigenvalue weighted by Gasteiger charge is -2.38. The maximum Gasteiger partial charge on any atom is 0.135 e. The predicted molar refractivity (Wildman–Crippen MR) is 54.7 cm³/mol. The highest BCUT2D eigenvalue weighted by Gasteiger charge is 2.35. The average Bonchev–Trinajstić information content (AvgIpc) is 2.04. The second-order valence-electron chi connectivity index (χ2n) is 4.88. The van der Waals surface area contributed by atoms with Gasteiger partial charge in [0, 0.05) is 12.0 Å². The Balaban J connectivity index is 2.64. The summed E-state index contributed by atoms with van der Waals surface area (Å²) in [6.07, 6.45) is 2.44. The molecule has 0 aromatic heterocycles. The molecule has 76 valence electrons. The summed E-state index contributed by atoms with van der Waals surface area (Å²) in [5, 5.41) is 0. The first kappa shape index (κ1) is 10.7. The number of hydrogen-bond donors (Lipinski definition) is 0. The van der Waals surface area contributed by atoms with Crippen molar-refractivity contribution in [3.8, 4) is 0 Å². The zero-order valence-electron chi connectivity index (χ0n) is 9.26. The minimum absolute atomic E-state index is 0.130. The van der Waals surface area contributed by atoms with Crippen molar-refractivity contribution in [1.29, 1.82) is 0 Å². The van der Waals surface area contributed by atoms with Gasteiger partial charge in [0.15, 0.2) is 0 Å². The first-order valence-corrected chi connectivity index (χ1v) is 5.14. The average molecular weight is 183 g/mol. The summed E-state index contributed by atoms with van der Waals surface area (Å²) < 4.78 is 0. The molecule has 0 aliphatic carbocycles. The number of carbonyl (C=O) groups is 1. The fraction of sp³-hybridized carbons (Fsp3) is 0.909. The van der Waals surface area contributed by atoms with Gasteiger partial charge in [0.2, 0.25) is 0 Å². The van der Waals surface area contributed by atoms with Crippen LogP contribution >= 0.6 is 0 Å². The van der Waals surface area contributed by atoms with Crippen molar-refractivity contribution in [1.82, 2.24) is 4.90 Å². The highest BCUT2D eigenvalue weighted by Crippen LogP contribution is 2.34. The lowest BCUT2D eigenvalue weighted by molar-refractivity contribution is -0.128. The molecule has 1 aliphatic rings. The van der Waals surface area contributed by atoms with Gasteiger partial charge in [-0.3, -0.25) is 4.79 Å². The molecule has 0 amide bonds. The molecule has 2 heteroatoms. The largest absolute Gasteiger partial charge is 0.306 e. The SMILES string of the molecule is CC(=O)C(C)(C)[C@H]1CCCN(C)C1. The monoisotopic (exact) mass is 183 g/mol. The number of carbonyl (C=O) groups excluding carboxylic acids is 1. The van der Waals surface area contributed by atoms with Crippen LogP contribution in [0.1, 0.15) is 33.6 Å². The van der Waals surface area contributed by atoms with Gasteiger partial charge in [-0.05, 0) is 39.3 Å². The topological polar surface area (TPSA) is 20.3 Å². The molecule has 0 spiro atoms. The Hall–Kier alpha value is -0.370. The molecule has 1 rings (SSSR count). The van der Waals surface area contributed by atoms with Crippen LogP contribution in [0.5, 0.6) is 0 Å². The minimum Gasteiger partial charge on any atom is -0.306 e. The normalized spacial score (nSPS) is 26.0. The molecular weight excluding hydrogens is 162 g/mol. The summed E-state index contributed by atoms with van der Waals surface area (Å²) in [7, 11) is 2.14. The number of Topliss-reactive ketones (excluding diaryl/α,β-unsaturated/α-hetero) is 1. The van der Waals surface area contributed by atoms with Crippen molar-refractivity contribution < 1.29 is 4.79 Å². The van der Waals surface area contributed by atoms with Crippen LogP contribution in [-0.2, 0) is 4.79 Å². The van der Waals surface area contributed by atoms with Gasteiger partial charge in [0.05, 0.1) is 0 Å². The first-order valence-electron chi connectivity index (χ1n) is 5.14. The molecule has 0 unspecified atom stereocenters. The Labute approximate surface area is 81.3 Å². The zero-order valence-corrected chi connectivity index (χ0v) is 9.26. The van der Waals surface area contributed by atoms with Crippen molar-refractivity contribution in [2.24, 2.45) is 11.3 Å². The quantitative estimate of drug-likeness (QED) is 0.652. The van der Waals surface area contributed by atoms with Crippen molar-refractivity contribution in [3.05, 3.63) is 0 Å². The van der Waals surface area contributed by atoms with Crippen LogP contribution in [0.4, 0.5) is 0 Å². The first-order chi connectivity index (χ1) is 5.94. The Kier molecular flexibility index (Phi) is 3.12. The van der Waals surface area contributed by atoms with E-state index in [1.165, 1.54) is 19.4 Å². The van der Waals surface area contributed by atoms with E-state index in [1.54, 1.807) is 6.92 Å². The predicted octanol–water partition coefficient (Wildman–Crippen LogP) is 1.94. The fourth-order valence-corrected chi connectivity index (χ4v) is 2.04. The number of likely N-dealkylation sites (tertiary alicyclic amines) is 1. The van der Waals surface area contributed by atoms with Crippen LogP contribution < -0.4 is 0 Å². The maximum absolute atomic E-state index is 11.5. The van der Waals surface area contributed by atoms with E-state index >= 15 is 0 Å². The van der Waals surface area contributed by atoms with Crippen molar-refractivity contribution >= 4 is 5.78 Å². The molecule has 0 aromatic carbocycles. The molecule has 1 heterocycles. The van der Waals surface area contributed by atoms with Gasteiger partial charge in [-0.2, -0.15) is 0 Å². The minimum atomic E-state index is -0.130. The molecule has 1 atom stereocenters. The second kappa shape index (κ2) is 3.79. The Morgan fingerprint density at radius 2 is 2.08 bits per heavy atom. The molecule has 1 aliphatic heterocycles. The third-order valence-corrected chi connectivity index (χ3v) is 3.55. The van der Waals surface area contributed by atoms with Crippen molar-refractivity contribution in [2.45, 2.75) is 33.6 Å². The Morgan fingerprint density at radius 1 is 1.46 bits per heavy atom. The van der Waals surface area contributed by atoms with E-state index < -0.39 is 0 Å². The zero-order chi connectivity index (χ0) is 10.1. The van der Waals surface area contributed by atoms with Gasteiger partial charge in [-0.25, -0.2) is 0 Å². The van der Waals surface area contributed by atoms with E-state index in [4.69, 9.17) is 0 Å². The van der Waals surface area contributed by atoms with Crippen LogP contribution in [0, 0.1) is 11.3 Å². The van der Waals surface area contributed by atoms with Gasteiger partial charge in [0.25, 0.3) is 0 Å². The number of nitrogens with zero attached hydrogens (tertiary/aromatic N) is 1. The summed E-state index contributed by atoms with van der Waals surface area (Å²) >= 11 is 0. The van der Waals surface area contributed by atoms with Crippen LogP contribution in [-0.4, -0.2) is 30.8 Å². The molecule has 13 heavy (non-hydrogen) atoms. The summed E-state index contributed by atoms with van der Waals surface area (Å²) in [6.45, 7) is 8.14. The van der Waals surface area contributed by atoms with Gasteiger partial charge in [-0.1, -0.05) is 13.8 Å². The highest BCUT2D eigenvalue weighted by molar-refractivity contribution is 5.81. The Bertz CT molecular complexity index is 198. The Morgan fingerprint density at radius 3 is 2.54 bits per heavy atom. The summed E-state index contributed by atoms with van der Waals surface area (Å²) in [5.74, 6) is 0.872. The molecule has 0 bridgehead atoms.